The molecule has 0 unspecified atom stereocenters. The molecule has 1 amide bonds. The van der Waals surface area contributed by atoms with Crippen molar-refractivity contribution in [2.24, 2.45) is 0 Å². The highest BCUT2D eigenvalue weighted by molar-refractivity contribution is 6.05. The van der Waals surface area contributed by atoms with Gasteiger partial charge in [0.25, 0.3) is 5.91 Å². The molecule has 0 saturated heterocycles. The number of hydrogen-bond acceptors (Lipinski definition) is 1. The lowest BCUT2D eigenvalue weighted by atomic mass is 10.00. The summed E-state index contributed by atoms with van der Waals surface area (Å²) >= 11 is 0. The zero-order valence-electron chi connectivity index (χ0n) is 13.4. The molecule has 0 atom stereocenters. The second-order valence-electron chi connectivity index (χ2n) is 5.98. The molecule has 0 aliphatic rings. The van der Waals surface area contributed by atoms with E-state index in [0.29, 0.717) is 5.92 Å². The summed E-state index contributed by atoms with van der Waals surface area (Å²) in [5.74, 6) is 0.449. The molecule has 2 aromatic carbocycles. The predicted octanol–water partition coefficient (Wildman–Crippen LogP) is 4.99. The first-order valence-corrected chi connectivity index (χ1v) is 7.37. The topological polar surface area (TPSA) is 29.1 Å². The van der Waals surface area contributed by atoms with E-state index in [4.69, 9.17) is 0 Å². The molecule has 2 nitrogen and oxygen atoms in total. The van der Waals surface area contributed by atoms with Crippen LogP contribution in [0.4, 0.5) is 5.69 Å². The van der Waals surface area contributed by atoms with E-state index < -0.39 is 0 Å². The summed E-state index contributed by atoms with van der Waals surface area (Å²) < 4.78 is 0. The van der Waals surface area contributed by atoms with Crippen molar-refractivity contribution in [2.75, 3.05) is 5.32 Å². The van der Waals surface area contributed by atoms with Gasteiger partial charge in [-0.1, -0.05) is 32.0 Å². The molecule has 0 spiro atoms. The van der Waals surface area contributed by atoms with Gasteiger partial charge in [0.15, 0.2) is 0 Å². The van der Waals surface area contributed by atoms with E-state index in [-0.39, 0.29) is 5.91 Å². The van der Waals surface area contributed by atoms with Crippen LogP contribution in [-0.4, -0.2) is 5.91 Å². The molecule has 0 saturated carbocycles. The normalized spacial score (nSPS) is 10.8. The van der Waals surface area contributed by atoms with Gasteiger partial charge in [0.2, 0.25) is 0 Å². The minimum absolute atomic E-state index is 0.0482. The lowest BCUT2D eigenvalue weighted by Gasteiger charge is -2.11. The summed E-state index contributed by atoms with van der Waals surface area (Å²) in [6.45, 7) is 10.4. The molecule has 2 rings (SSSR count). The monoisotopic (exact) mass is 281 g/mol. The Morgan fingerprint density at radius 1 is 0.905 bits per heavy atom. The Balaban J connectivity index is 2.20. The highest BCUT2D eigenvalue weighted by atomic mass is 16.1. The zero-order chi connectivity index (χ0) is 15.6. The molecular weight excluding hydrogens is 258 g/mol. The van der Waals surface area contributed by atoms with Crippen LogP contribution in [0.3, 0.4) is 0 Å². The number of benzene rings is 2. The van der Waals surface area contributed by atoms with Gasteiger partial charge in [0, 0.05) is 11.3 Å². The van der Waals surface area contributed by atoms with Crippen LogP contribution in [0.25, 0.3) is 0 Å². The molecule has 0 aliphatic carbocycles. The SMILES string of the molecule is Cc1cc(C)c(C(=O)Nc2ccc(C(C)C)cc2)cc1C. The fourth-order valence-electron chi connectivity index (χ4n) is 2.35. The van der Waals surface area contributed by atoms with Gasteiger partial charge in [-0.25, -0.2) is 0 Å². The van der Waals surface area contributed by atoms with Gasteiger partial charge >= 0.3 is 0 Å². The first-order chi connectivity index (χ1) is 9.88. The zero-order valence-corrected chi connectivity index (χ0v) is 13.4. The van der Waals surface area contributed by atoms with Crippen LogP contribution in [0.15, 0.2) is 36.4 Å². The van der Waals surface area contributed by atoms with Crippen LogP contribution < -0.4 is 5.32 Å². The van der Waals surface area contributed by atoms with E-state index in [1.807, 2.05) is 32.0 Å². The average molecular weight is 281 g/mol. The van der Waals surface area contributed by atoms with Crippen molar-refractivity contribution < 1.29 is 4.79 Å². The fourth-order valence-corrected chi connectivity index (χ4v) is 2.35. The number of nitrogens with one attached hydrogen (secondary N) is 1. The second-order valence-corrected chi connectivity index (χ2v) is 5.98. The molecule has 0 aromatic heterocycles. The third-order valence-electron chi connectivity index (χ3n) is 3.92. The molecule has 1 N–H and O–H groups in total. The standard InChI is InChI=1S/C19H23NO/c1-12(2)16-6-8-17(9-7-16)20-19(21)18-11-14(4)13(3)10-15(18)5/h6-12H,1-5H3,(H,20,21). The van der Waals surface area contributed by atoms with E-state index in [0.717, 1.165) is 22.4 Å². The number of anilines is 1. The third-order valence-corrected chi connectivity index (χ3v) is 3.92. The molecule has 110 valence electrons. The van der Waals surface area contributed by atoms with Crippen molar-refractivity contribution in [1.29, 1.82) is 0 Å². The lowest BCUT2D eigenvalue weighted by molar-refractivity contribution is 0.102. The lowest BCUT2D eigenvalue weighted by Crippen LogP contribution is -2.14. The number of aryl methyl sites for hydroxylation is 3. The maximum Gasteiger partial charge on any atom is 0.255 e. The van der Waals surface area contributed by atoms with E-state index in [9.17, 15) is 4.79 Å². The highest BCUT2D eigenvalue weighted by Crippen LogP contribution is 2.19. The number of carbonyl (C=O) groups excluding carboxylic acids is 1. The van der Waals surface area contributed by atoms with E-state index >= 15 is 0 Å². The Morgan fingerprint density at radius 3 is 2.05 bits per heavy atom. The van der Waals surface area contributed by atoms with Gasteiger partial charge in [-0.2, -0.15) is 0 Å². The maximum atomic E-state index is 12.4. The number of carbonyl (C=O) groups is 1. The molecule has 2 heteroatoms. The van der Waals surface area contributed by atoms with Crippen molar-refractivity contribution in [2.45, 2.75) is 40.5 Å². The molecule has 2 aromatic rings. The fraction of sp³-hybridized carbons (Fsp3) is 0.316. The van der Waals surface area contributed by atoms with Crippen LogP contribution in [-0.2, 0) is 0 Å². The first kappa shape index (κ1) is 15.3. The Labute approximate surface area is 127 Å². The predicted molar refractivity (Wildman–Crippen MR) is 89.1 cm³/mol. The summed E-state index contributed by atoms with van der Waals surface area (Å²) in [5, 5.41) is 2.97. The van der Waals surface area contributed by atoms with Crippen molar-refractivity contribution >= 4 is 11.6 Å². The van der Waals surface area contributed by atoms with Gasteiger partial charge in [0.1, 0.15) is 0 Å². The summed E-state index contributed by atoms with van der Waals surface area (Å²) in [6, 6.07) is 12.1. The van der Waals surface area contributed by atoms with Crippen LogP contribution in [0.1, 0.15) is 52.4 Å². The molecule has 0 bridgehead atoms. The van der Waals surface area contributed by atoms with Crippen LogP contribution in [0.2, 0.25) is 0 Å². The van der Waals surface area contributed by atoms with E-state index in [2.05, 4.69) is 44.3 Å². The Morgan fingerprint density at radius 2 is 1.48 bits per heavy atom. The van der Waals surface area contributed by atoms with Crippen molar-refractivity contribution in [1.82, 2.24) is 0 Å². The van der Waals surface area contributed by atoms with Crippen LogP contribution >= 0.6 is 0 Å². The van der Waals surface area contributed by atoms with Crippen LogP contribution in [0, 0.1) is 20.8 Å². The molecule has 0 radical (unpaired) electrons. The minimum atomic E-state index is -0.0482. The Bertz CT molecular complexity index is 654. The molecular formula is C19H23NO. The molecule has 0 fully saturated rings. The third kappa shape index (κ3) is 3.52. The highest BCUT2D eigenvalue weighted by Gasteiger charge is 2.11. The number of hydrogen-bond donors (Lipinski definition) is 1. The minimum Gasteiger partial charge on any atom is -0.322 e. The van der Waals surface area contributed by atoms with E-state index in [1.165, 1.54) is 11.1 Å². The summed E-state index contributed by atoms with van der Waals surface area (Å²) in [6.07, 6.45) is 0. The van der Waals surface area contributed by atoms with Gasteiger partial charge in [-0.3, -0.25) is 4.79 Å². The van der Waals surface area contributed by atoms with E-state index in [1.54, 1.807) is 0 Å². The van der Waals surface area contributed by atoms with Crippen LogP contribution in [0.5, 0.6) is 0 Å². The molecule has 0 aliphatic heterocycles. The van der Waals surface area contributed by atoms with Gasteiger partial charge in [0.05, 0.1) is 0 Å². The molecule has 0 heterocycles. The van der Waals surface area contributed by atoms with Gasteiger partial charge in [-0.15, -0.1) is 0 Å². The second kappa shape index (κ2) is 6.13. The summed E-state index contributed by atoms with van der Waals surface area (Å²) in [5.41, 5.74) is 6.21. The Hall–Kier alpha value is -2.09. The quantitative estimate of drug-likeness (QED) is 0.844. The first-order valence-electron chi connectivity index (χ1n) is 7.37. The number of rotatable bonds is 3. The van der Waals surface area contributed by atoms with Crippen molar-refractivity contribution in [3.8, 4) is 0 Å². The molecule has 21 heavy (non-hydrogen) atoms. The average Bonchev–Trinajstić information content (AvgIpc) is 2.43. The van der Waals surface area contributed by atoms with Crippen molar-refractivity contribution in [3.05, 3.63) is 64.2 Å². The smallest absolute Gasteiger partial charge is 0.255 e. The summed E-state index contributed by atoms with van der Waals surface area (Å²) in [4.78, 5) is 12.4. The Kier molecular flexibility index (Phi) is 4.46. The summed E-state index contributed by atoms with van der Waals surface area (Å²) in [7, 11) is 0. The van der Waals surface area contributed by atoms with Crippen molar-refractivity contribution in [3.63, 3.8) is 0 Å². The maximum absolute atomic E-state index is 12.4. The number of amides is 1. The largest absolute Gasteiger partial charge is 0.322 e. The van der Waals surface area contributed by atoms with Gasteiger partial charge < -0.3 is 5.32 Å². The van der Waals surface area contributed by atoms with Gasteiger partial charge in [-0.05, 0) is 67.1 Å².